The molecule has 0 spiro atoms. The van der Waals surface area contributed by atoms with Crippen molar-refractivity contribution >= 4 is 34.6 Å². The van der Waals surface area contributed by atoms with Gasteiger partial charge in [0.25, 0.3) is 0 Å². The summed E-state index contributed by atoms with van der Waals surface area (Å²) in [7, 11) is 1.30. The Labute approximate surface area is 220 Å². The average Bonchev–Trinajstić information content (AvgIpc) is 3.23. The van der Waals surface area contributed by atoms with Crippen molar-refractivity contribution in [2.45, 2.75) is 26.5 Å². The number of hydrogen-bond donors (Lipinski definition) is 4. The van der Waals surface area contributed by atoms with Gasteiger partial charge in [0, 0.05) is 19.1 Å². The van der Waals surface area contributed by atoms with E-state index in [1.165, 1.54) is 37.1 Å². The summed E-state index contributed by atoms with van der Waals surface area (Å²) >= 11 is 6.51. The predicted molar refractivity (Wildman–Crippen MR) is 131 cm³/mol. The highest BCUT2D eigenvalue weighted by Crippen LogP contribution is 2.46. The smallest absolute Gasteiger partial charge is 0.211 e. The Bertz CT molecular complexity index is 1380. The second-order valence-electron chi connectivity index (χ2n) is 7.94. The van der Waals surface area contributed by atoms with Crippen LogP contribution in [-0.2, 0) is 13.2 Å². The first-order valence-electron chi connectivity index (χ1n) is 11.2. The van der Waals surface area contributed by atoms with Crippen LogP contribution in [0.15, 0.2) is 24.3 Å². The minimum Gasteiger partial charge on any atom is -0.496 e. The van der Waals surface area contributed by atoms with Crippen molar-refractivity contribution in [2.75, 3.05) is 30.5 Å². The highest BCUT2D eigenvalue weighted by Gasteiger charge is 2.36. The maximum Gasteiger partial charge on any atom is 0.211 e. The fourth-order valence-corrected chi connectivity index (χ4v) is 4.07. The monoisotopic (exact) mass is 552 g/mol. The van der Waals surface area contributed by atoms with Crippen LogP contribution in [0.25, 0.3) is 0 Å². The number of halogens is 3. The third kappa shape index (κ3) is 5.13. The average molecular weight is 553 g/mol. The molecule has 0 saturated heterocycles. The van der Waals surface area contributed by atoms with E-state index in [0.29, 0.717) is 0 Å². The van der Waals surface area contributed by atoms with Crippen molar-refractivity contribution in [1.29, 1.82) is 0 Å². The van der Waals surface area contributed by atoms with Crippen LogP contribution in [0, 0.1) is 11.6 Å². The van der Waals surface area contributed by atoms with Gasteiger partial charge in [-0.2, -0.15) is 0 Å². The molecule has 3 aromatic rings. The van der Waals surface area contributed by atoms with Gasteiger partial charge in [0.05, 0.1) is 30.0 Å². The summed E-state index contributed by atoms with van der Waals surface area (Å²) in [6, 6.07) is 4.87. The molecular weight excluding hydrogens is 530 g/mol. The molecular formula is C24H23ClF2N4O7. The van der Waals surface area contributed by atoms with E-state index in [9.17, 15) is 28.9 Å². The summed E-state index contributed by atoms with van der Waals surface area (Å²) in [5, 5.41) is 32.4. The number of nitrogens with zero attached hydrogens (tertiary/aromatic N) is 3. The molecule has 0 amide bonds. The third-order valence-corrected chi connectivity index (χ3v) is 5.83. The lowest BCUT2D eigenvalue weighted by Crippen LogP contribution is -2.31. The number of rotatable bonds is 10. The minimum absolute atomic E-state index is 0.00700. The number of nitrogens with one attached hydrogen (secondary N) is 1. The molecule has 1 unspecified atom stereocenters. The zero-order chi connectivity index (χ0) is 27.6. The SMILES string of the molecule is COc1ccc(F)c(F)c1COc1cc(N2c3nc(CO)nc(C(C)=O)c3NC2O)c(Cl)cc1OCCO. The number of carbonyl (C=O) groups is 1. The van der Waals surface area contributed by atoms with Gasteiger partial charge in [-0.3, -0.25) is 9.69 Å². The van der Waals surface area contributed by atoms with Crippen molar-refractivity contribution in [3.05, 3.63) is 58.0 Å². The zero-order valence-electron chi connectivity index (χ0n) is 20.2. The highest BCUT2D eigenvalue weighted by atomic mass is 35.5. The molecule has 38 heavy (non-hydrogen) atoms. The van der Waals surface area contributed by atoms with Gasteiger partial charge in [-0.1, -0.05) is 11.6 Å². The number of ether oxygens (including phenoxy) is 3. The molecule has 2 aromatic carbocycles. The number of aromatic nitrogens is 2. The van der Waals surface area contributed by atoms with Gasteiger partial charge in [0.15, 0.2) is 40.6 Å². The van der Waals surface area contributed by atoms with E-state index in [1.807, 2.05) is 0 Å². The normalized spacial score (nSPS) is 14.2. The molecule has 1 atom stereocenters. The molecule has 0 fully saturated rings. The summed E-state index contributed by atoms with van der Waals surface area (Å²) in [5.41, 5.74) is -0.00466. The Balaban J connectivity index is 1.79. The largest absolute Gasteiger partial charge is 0.496 e. The number of hydrogen-bond acceptors (Lipinski definition) is 11. The number of aliphatic hydroxyl groups excluding tert-OH is 3. The fraction of sp³-hybridized carbons (Fsp3) is 0.292. The molecule has 202 valence electrons. The quantitative estimate of drug-likeness (QED) is 0.275. The number of aliphatic hydroxyl groups is 3. The van der Waals surface area contributed by atoms with Gasteiger partial charge in [0.2, 0.25) is 6.35 Å². The summed E-state index contributed by atoms with van der Waals surface area (Å²) in [6.07, 6.45) is -1.46. The van der Waals surface area contributed by atoms with Gasteiger partial charge in [-0.15, -0.1) is 0 Å². The van der Waals surface area contributed by atoms with E-state index in [0.717, 1.165) is 6.07 Å². The predicted octanol–water partition coefficient (Wildman–Crippen LogP) is 2.90. The molecule has 11 nitrogen and oxygen atoms in total. The molecule has 0 aliphatic carbocycles. The third-order valence-electron chi connectivity index (χ3n) is 5.52. The van der Waals surface area contributed by atoms with Crippen LogP contribution in [0.3, 0.4) is 0 Å². The van der Waals surface area contributed by atoms with E-state index in [-0.39, 0.29) is 69.8 Å². The molecule has 1 aliphatic rings. The van der Waals surface area contributed by atoms with E-state index < -0.39 is 37.0 Å². The number of anilines is 3. The van der Waals surface area contributed by atoms with Crippen molar-refractivity contribution in [3.8, 4) is 17.2 Å². The topological polar surface area (TPSA) is 146 Å². The highest BCUT2D eigenvalue weighted by molar-refractivity contribution is 6.33. The molecule has 2 heterocycles. The Kier molecular flexibility index (Phi) is 8.11. The first-order valence-corrected chi connectivity index (χ1v) is 11.5. The lowest BCUT2D eigenvalue weighted by atomic mass is 10.2. The first-order chi connectivity index (χ1) is 18.2. The lowest BCUT2D eigenvalue weighted by Gasteiger charge is -2.24. The summed E-state index contributed by atoms with van der Waals surface area (Å²) in [5.74, 6) is -2.60. The second-order valence-corrected chi connectivity index (χ2v) is 8.35. The summed E-state index contributed by atoms with van der Waals surface area (Å²) in [6.45, 7) is -0.245. The molecule has 4 N–H and O–H groups in total. The van der Waals surface area contributed by atoms with Gasteiger partial charge >= 0.3 is 0 Å². The van der Waals surface area contributed by atoms with Crippen molar-refractivity contribution in [2.24, 2.45) is 0 Å². The maximum absolute atomic E-state index is 14.5. The van der Waals surface area contributed by atoms with Crippen LogP contribution in [0.2, 0.25) is 5.02 Å². The fourth-order valence-electron chi connectivity index (χ4n) is 3.82. The Morgan fingerprint density at radius 3 is 2.55 bits per heavy atom. The number of methoxy groups -OCH3 is 1. The Morgan fingerprint density at radius 1 is 1.16 bits per heavy atom. The van der Waals surface area contributed by atoms with Crippen LogP contribution in [0.4, 0.5) is 26.0 Å². The Morgan fingerprint density at radius 2 is 1.89 bits per heavy atom. The van der Waals surface area contributed by atoms with Crippen LogP contribution in [-0.4, -0.2) is 57.7 Å². The number of benzene rings is 2. The molecule has 1 aromatic heterocycles. The molecule has 0 saturated carbocycles. The number of carbonyl (C=O) groups excluding carboxylic acids is 1. The first kappa shape index (κ1) is 27.3. The van der Waals surface area contributed by atoms with E-state index in [1.54, 1.807) is 0 Å². The van der Waals surface area contributed by atoms with Gasteiger partial charge in [0.1, 0.15) is 37.0 Å². The maximum atomic E-state index is 14.5. The van der Waals surface area contributed by atoms with Crippen LogP contribution >= 0.6 is 11.6 Å². The molecule has 4 rings (SSSR count). The second kappa shape index (κ2) is 11.3. The number of ketones is 1. The number of Topliss-reactive ketones (excluding diaryl/α,β-unsaturated/α-hetero) is 1. The van der Waals surface area contributed by atoms with E-state index >= 15 is 0 Å². The van der Waals surface area contributed by atoms with E-state index in [2.05, 4.69) is 15.3 Å². The van der Waals surface area contributed by atoms with Gasteiger partial charge < -0.3 is 34.8 Å². The van der Waals surface area contributed by atoms with Crippen molar-refractivity contribution < 1.29 is 43.1 Å². The van der Waals surface area contributed by atoms with Crippen molar-refractivity contribution in [1.82, 2.24) is 9.97 Å². The van der Waals surface area contributed by atoms with Gasteiger partial charge in [-0.05, 0) is 12.1 Å². The van der Waals surface area contributed by atoms with Crippen LogP contribution in [0.5, 0.6) is 17.2 Å². The van der Waals surface area contributed by atoms with Crippen molar-refractivity contribution in [3.63, 3.8) is 0 Å². The molecule has 0 radical (unpaired) electrons. The zero-order valence-corrected chi connectivity index (χ0v) is 20.9. The standard InChI is InChI=1S/C24H23ClF2N4O7/c1-11(34)21-22-23(29-19(9-33)28-21)31(24(35)30-22)15-8-18(17(7-13(15)25)37-6-5-32)38-10-12-16(36-2)4-3-14(26)20(12)27/h3-4,7-8,24,30,32-33,35H,5-6,9-10H2,1-2H3. The van der Waals surface area contributed by atoms with E-state index in [4.69, 9.17) is 25.8 Å². The van der Waals surface area contributed by atoms with Gasteiger partial charge in [-0.25, -0.2) is 18.7 Å². The number of fused-ring (bicyclic) bond motifs is 1. The summed E-state index contributed by atoms with van der Waals surface area (Å²) in [4.78, 5) is 21.6. The molecule has 14 heteroatoms. The Hall–Kier alpha value is -3.78. The lowest BCUT2D eigenvalue weighted by molar-refractivity contribution is 0.101. The molecule has 0 bridgehead atoms. The van der Waals surface area contributed by atoms with Crippen LogP contribution < -0.4 is 24.4 Å². The summed E-state index contributed by atoms with van der Waals surface area (Å²) < 4.78 is 44.8. The van der Waals surface area contributed by atoms with Crippen LogP contribution in [0.1, 0.15) is 28.8 Å². The molecule has 1 aliphatic heterocycles. The minimum atomic E-state index is -1.46.